The lowest BCUT2D eigenvalue weighted by Crippen LogP contribution is -2.32. The van der Waals surface area contributed by atoms with Gasteiger partial charge in [0.25, 0.3) is 0 Å². The summed E-state index contributed by atoms with van der Waals surface area (Å²) in [6.45, 7) is 3.20. The van der Waals surface area contributed by atoms with Crippen LogP contribution in [0, 0.1) is 12.8 Å². The number of fused-ring (bicyclic) bond motifs is 1. The van der Waals surface area contributed by atoms with Gasteiger partial charge < -0.3 is 18.8 Å². The molecule has 1 aromatic heterocycles. The fraction of sp³-hybridized carbons (Fsp3) is 0.526. The van der Waals surface area contributed by atoms with Crippen LogP contribution in [-0.4, -0.2) is 53.4 Å². The molecule has 2 aromatic rings. The molecule has 0 radical (unpaired) electrons. The second kappa shape index (κ2) is 7.07. The predicted octanol–water partition coefficient (Wildman–Crippen LogP) is 1.79. The smallest absolute Gasteiger partial charge is 0.227 e. The van der Waals surface area contributed by atoms with Crippen LogP contribution in [0.15, 0.2) is 28.7 Å². The van der Waals surface area contributed by atoms with Crippen LogP contribution in [0.5, 0.6) is 5.75 Å². The molecule has 0 aliphatic carbocycles. The van der Waals surface area contributed by atoms with E-state index in [1.54, 1.807) is 14.0 Å². The molecule has 2 saturated heterocycles. The predicted molar refractivity (Wildman–Crippen MR) is 92.8 cm³/mol. The van der Waals surface area contributed by atoms with Gasteiger partial charge in [0, 0.05) is 25.9 Å². The van der Waals surface area contributed by atoms with Gasteiger partial charge in [0.15, 0.2) is 0 Å². The topological polar surface area (TPSA) is 77.7 Å². The zero-order chi connectivity index (χ0) is 18.1. The molecule has 0 spiro atoms. The molecular formula is C19H23N3O4. The van der Waals surface area contributed by atoms with E-state index in [4.69, 9.17) is 13.9 Å². The monoisotopic (exact) mass is 357 g/mol. The standard InChI is InChI=1S/C19H23N3O4/c1-12-20-21-18(25-12)9-16-8-14-10-22(11-17(14)26-16)19(23)7-13-4-3-5-15(6-13)24-2/h3-6,14,16-17H,7-11H2,1-2H3/t14-,16-,17+/m0/s1. The van der Waals surface area contributed by atoms with E-state index >= 15 is 0 Å². The Morgan fingerprint density at radius 1 is 1.35 bits per heavy atom. The van der Waals surface area contributed by atoms with Crippen molar-refractivity contribution < 1.29 is 18.7 Å². The van der Waals surface area contributed by atoms with Crippen LogP contribution in [0.25, 0.3) is 0 Å². The molecule has 3 heterocycles. The quantitative estimate of drug-likeness (QED) is 0.812. The fourth-order valence-corrected chi connectivity index (χ4v) is 3.88. The van der Waals surface area contributed by atoms with Crippen LogP contribution in [-0.2, 0) is 22.4 Å². The number of carbonyl (C=O) groups is 1. The number of methoxy groups -OCH3 is 1. The molecule has 3 atom stereocenters. The van der Waals surface area contributed by atoms with Gasteiger partial charge in [0.2, 0.25) is 17.7 Å². The van der Waals surface area contributed by atoms with Gasteiger partial charge in [-0.1, -0.05) is 12.1 Å². The highest BCUT2D eigenvalue weighted by Crippen LogP contribution is 2.34. The van der Waals surface area contributed by atoms with Gasteiger partial charge in [-0.05, 0) is 24.1 Å². The highest BCUT2D eigenvalue weighted by molar-refractivity contribution is 5.79. The van der Waals surface area contributed by atoms with Crippen molar-refractivity contribution in [1.82, 2.24) is 15.1 Å². The number of ether oxygens (including phenoxy) is 2. The number of aromatic nitrogens is 2. The number of carbonyl (C=O) groups excluding carboxylic acids is 1. The number of aryl methyl sites for hydroxylation is 1. The Balaban J connectivity index is 1.30. The fourth-order valence-electron chi connectivity index (χ4n) is 3.88. The Hall–Kier alpha value is -2.41. The Labute approximate surface area is 152 Å². The zero-order valence-electron chi connectivity index (χ0n) is 15.1. The molecule has 0 bridgehead atoms. The number of rotatable bonds is 5. The molecule has 26 heavy (non-hydrogen) atoms. The van der Waals surface area contributed by atoms with Crippen LogP contribution in [0.1, 0.15) is 23.8 Å². The average molecular weight is 357 g/mol. The Morgan fingerprint density at radius 3 is 2.96 bits per heavy atom. The number of nitrogens with zero attached hydrogens (tertiary/aromatic N) is 3. The number of benzene rings is 1. The highest BCUT2D eigenvalue weighted by Gasteiger charge is 2.43. The van der Waals surface area contributed by atoms with Crippen molar-refractivity contribution in [2.75, 3.05) is 20.2 Å². The maximum absolute atomic E-state index is 12.6. The molecule has 1 amide bonds. The number of amides is 1. The molecule has 4 rings (SSSR count). The molecule has 0 N–H and O–H groups in total. The SMILES string of the molecule is COc1cccc(CC(=O)N2C[C@@H]3C[C@@H](Cc4nnc(C)o4)O[C@@H]3C2)c1. The van der Waals surface area contributed by atoms with E-state index in [9.17, 15) is 4.79 Å². The van der Waals surface area contributed by atoms with Crippen LogP contribution < -0.4 is 4.74 Å². The van der Waals surface area contributed by atoms with Crippen LogP contribution in [0.2, 0.25) is 0 Å². The third-order valence-corrected chi connectivity index (χ3v) is 5.13. The highest BCUT2D eigenvalue weighted by atomic mass is 16.5. The lowest BCUT2D eigenvalue weighted by molar-refractivity contribution is -0.130. The summed E-state index contributed by atoms with van der Waals surface area (Å²) < 4.78 is 16.8. The van der Waals surface area contributed by atoms with Crippen molar-refractivity contribution in [2.24, 2.45) is 5.92 Å². The summed E-state index contributed by atoms with van der Waals surface area (Å²) in [6, 6.07) is 7.66. The first-order valence-corrected chi connectivity index (χ1v) is 8.96. The van der Waals surface area contributed by atoms with E-state index in [2.05, 4.69) is 10.2 Å². The second-order valence-corrected chi connectivity index (χ2v) is 7.04. The minimum Gasteiger partial charge on any atom is -0.497 e. The number of likely N-dealkylation sites (tertiary alicyclic amines) is 1. The van der Waals surface area contributed by atoms with E-state index in [-0.39, 0.29) is 18.1 Å². The van der Waals surface area contributed by atoms with Gasteiger partial charge in [0.1, 0.15) is 5.75 Å². The molecule has 2 aliphatic heterocycles. The molecule has 0 unspecified atom stereocenters. The number of hydrogen-bond donors (Lipinski definition) is 0. The van der Waals surface area contributed by atoms with Crippen molar-refractivity contribution >= 4 is 5.91 Å². The summed E-state index contributed by atoms with van der Waals surface area (Å²) in [5.74, 6) is 2.50. The Morgan fingerprint density at radius 2 is 2.23 bits per heavy atom. The molecule has 0 saturated carbocycles. The molecule has 138 valence electrons. The molecule has 1 aromatic carbocycles. The summed E-state index contributed by atoms with van der Waals surface area (Å²) in [5.41, 5.74) is 0.969. The third kappa shape index (κ3) is 3.58. The maximum Gasteiger partial charge on any atom is 0.227 e. The van der Waals surface area contributed by atoms with Crippen LogP contribution >= 0.6 is 0 Å². The van der Waals surface area contributed by atoms with Gasteiger partial charge in [-0.25, -0.2) is 0 Å². The summed E-state index contributed by atoms with van der Waals surface area (Å²) in [7, 11) is 1.63. The van der Waals surface area contributed by atoms with Gasteiger partial charge in [-0.15, -0.1) is 10.2 Å². The first kappa shape index (κ1) is 17.0. The van der Waals surface area contributed by atoms with Gasteiger partial charge in [-0.2, -0.15) is 0 Å². The first-order valence-electron chi connectivity index (χ1n) is 8.96. The largest absolute Gasteiger partial charge is 0.497 e. The molecule has 7 heteroatoms. The molecule has 2 fully saturated rings. The van der Waals surface area contributed by atoms with E-state index in [1.807, 2.05) is 29.2 Å². The van der Waals surface area contributed by atoms with Crippen LogP contribution in [0.3, 0.4) is 0 Å². The third-order valence-electron chi connectivity index (χ3n) is 5.13. The lowest BCUT2D eigenvalue weighted by atomic mass is 10.0. The summed E-state index contributed by atoms with van der Waals surface area (Å²) in [5, 5.41) is 7.89. The second-order valence-electron chi connectivity index (χ2n) is 7.04. The molecule has 7 nitrogen and oxygen atoms in total. The first-order chi connectivity index (χ1) is 12.6. The van der Waals surface area contributed by atoms with E-state index in [1.165, 1.54) is 0 Å². The van der Waals surface area contributed by atoms with E-state index in [0.29, 0.717) is 37.1 Å². The zero-order valence-corrected chi connectivity index (χ0v) is 15.1. The van der Waals surface area contributed by atoms with Crippen LogP contribution in [0.4, 0.5) is 0 Å². The van der Waals surface area contributed by atoms with Crippen molar-refractivity contribution in [3.63, 3.8) is 0 Å². The Kier molecular flexibility index (Phi) is 4.63. The summed E-state index contributed by atoms with van der Waals surface area (Å²) in [6.07, 6.45) is 2.17. The van der Waals surface area contributed by atoms with Crippen molar-refractivity contribution in [1.29, 1.82) is 0 Å². The van der Waals surface area contributed by atoms with E-state index in [0.717, 1.165) is 24.3 Å². The molecular weight excluding hydrogens is 334 g/mol. The van der Waals surface area contributed by atoms with Crippen molar-refractivity contribution in [2.45, 2.75) is 38.4 Å². The minimum atomic E-state index is 0.0977. The molecule has 2 aliphatic rings. The average Bonchev–Trinajstić information content (AvgIpc) is 3.30. The maximum atomic E-state index is 12.6. The van der Waals surface area contributed by atoms with Gasteiger partial charge in [-0.3, -0.25) is 4.79 Å². The van der Waals surface area contributed by atoms with Gasteiger partial charge in [0.05, 0.1) is 32.2 Å². The van der Waals surface area contributed by atoms with Crippen molar-refractivity contribution in [3.05, 3.63) is 41.6 Å². The Bertz CT molecular complexity index is 777. The number of hydrogen-bond acceptors (Lipinski definition) is 6. The van der Waals surface area contributed by atoms with Crippen molar-refractivity contribution in [3.8, 4) is 5.75 Å². The lowest BCUT2D eigenvalue weighted by Gasteiger charge is -2.19. The van der Waals surface area contributed by atoms with Gasteiger partial charge >= 0.3 is 0 Å². The van der Waals surface area contributed by atoms with E-state index < -0.39 is 0 Å². The summed E-state index contributed by atoms with van der Waals surface area (Å²) in [4.78, 5) is 14.5. The summed E-state index contributed by atoms with van der Waals surface area (Å²) >= 11 is 0. The minimum absolute atomic E-state index is 0.0977. The normalized spacial score (nSPS) is 24.7.